The molecule has 2 nitrogen and oxygen atoms in total. The Labute approximate surface area is 103 Å². The van der Waals surface area contributed by atoms with Gasteiger partial charge in [-0.2, -0.15) is 0 Å². The van der Waals surface area contributed by atoms with E-state index >= 15 is 0 Å². The van der Waals surface area contributed by atoms with Crippen LogP contribution in [0.4, 0.5) is 5.69 Å². The van der Waals surface area contributed by atoms with E-state index in [2.05, 4.69) is 24.8 Å². The third kappa shape index (κ3) is 4.03. The van der Waals surface area contributed by atoms with Gasteiger partial charge in [-0.3, -0.25) is 4.90 Å². The number of halogens is 1. The van der Waals surface area contributed by atoms with Crippen LogP contribution < -0.4 is 5.73 Å². The largest absolute Gasteiger partial charge is 0.398 e. The monoisotopic (exact) mass is 240 g/mol. The maximum Gasteiger partial charge on any atom is 0.0638 e. The molecule has 16 heavy (non-hydrogen) atoms. The first kappa shape index (κ1) is 13.3. The summed E-state index contributed by atoms with van der Waals surface area (Å²) in [5.74, 6) is 0. The lowest BCUT2D eigenvalue weighted by Gasteiger charge is -2.20. The van der Waals surface area contributed by atoms with Crippen LogP contribution in [-0.2, 0) is 6.54 Å². The fourth-order valence-electron chi connectivity index (χ4n) is 1.66. The van der Waals surface area contributed by atoms with Gasteiger partial charge < -0.3 is 5.73 Å². The molecule has 0 aliphatic heterocycles. The predicted octanol–water partition coefficient (Wildman–Crippen LogP) is 3.54. The van der Waals surface area contributed by atoms with Gasteiger partial charge in [-0.1, -0.05) is 37.9 Å². The maximum atomic E-state index is 6.00. The van der Waals surface area contributed by atoms with E-state index in [-0.39, 0.29) is 0 Å². The molecule has 0 heterocycles. The van der Waals surface area contributed by atoms with Gasteiger partial charge in [0.1, 0.15) is 0 Å². The van der Waals surface area contributed by atoms with E-state index < -0.39 is 0 Å². The Kier molecular flexibility index (Phi) is 5.64. The summed E-state index contributed by atoms with van der Waals surface area (Å²) >= 11 is 6.00. The van der Waals surface area contributed by atoms with Gasteiger partial charge in [-0.15, -0.1) is 0 Å². The second kappa shape index (κ2) is 6.77. The molecular weight excluding hydrogens is 220 g/mol. The molecule has 0 fully saturated rings. The van der Waals surface area contributed by atoms with Crippen molar-refractivity contribution in [3.63, 3.8) is 0 Å². The minimum Gasteiger partial charge on any atom is -0.398 e. The van der Waals surface area contributed by atoms with Gasteiger partial charge in [0.2, 0.25) is 0 Å². The molecule has 2 N–H and O–H groups in total. The van der Waals surface area contributed by atoms with Crippen LogP contribution in [0.15, 0.2) is 18.2 Å². The Bertz CT molecular complexity index is 326. The van der Waals surface area contributed by atoms with Crippen molar-refractivity contribution < 1.29 is 0 Å². The highest BCUT2D eigenvalue weighted by Gasteiger charge is 2.04. The molecule has 1 aromatic carbocycles. The number of unbranched alkanes of at least 4 members (excludes halogenated alkanes) is 1. The molecule has 0 unspecified atom stereocenters. The van der Waals surface area contributed by atoms with Crippen molar-refractivity contribution in [3.8, 4) is 0 Å². The first-order valence-corrected chi connectivity index (χ1v) is 6.31. The number of benzene rings is 1. The highest BCUT2D eigenvalue weighted by Crippen LogP contribution is 2.20. The molecule has 0 aromatic heterocycles. The second-order valence-corrected chi connectivity index (χ2v) is 4.49. The topological polar surface area (TPSA) is 29.3 Å². The summed E-state index contributed by atoms with van der Waals surface area (Å²) in [4.78, 5) is 2.42. The number of anilines is 1. The smallest absolute Gasteiger partial charge is 0.0638 e. The van der Waals surface area contributed by atoms with Crippen molar-refractivity contribution in [1.29, 1.82) is 0 Å². The van der Waals surface area contributed by atoms with Crippen LogP contribution in [0.1, 0.15) is 32.3 Å². The van der Waals surface area contributed by atoms with Gasteiger partial charge in [0.05, 0.1) is 10.7 Å². The summed E-state index contributed by atoms with van der Waals surface area (Å²) in [6, 6.07) is 5.90. The van der Waals surface area contributed by atoms with Gasteiger partial charge in [0.15, 0.2) is 0 Å². The zero-order valence-electron chi connectivity index (χ0n) is 10.2. The first-order chi connectivity index (χ1) is 7.67. The summed E-state index contributed by atoms with van der Waals surface area (Å²) in [6.45, 7) is 7.58. The molecule has 0 amide bonds. The number of hydrogen-bond acceptors (Lipinski definition) is 2. The van der Waals surface area contributed by atoms with Crippen molar-refractivity contribution in [3.05, 3.63) is 28.8 Å². The summed E-state index contributed by atoms with van der Waals surface area (Å²) in [5.41, 5.74) is 7.57. The fraction of sp³-hybridized carbons (Fsp3) is 0.538. The number of hydrogen-bond donors (Lipinski definition) is 1. The van der Waals surface area contributed by atoms with Crippen molar-refractivity contribution in [2.24, 2.45) is 0 Å². The predicted molar refractivity (Wildman–Crippen MR) is 71.7 cm³/mol. The quantitative estimate of drug-likeness (QED) is 0.771. The van der Waals surface area contributed by atoms with Gasteiger partial charge in [-0.25, -0.2) is 0 Å². The molecule has 3 heteroatoms. The van der Waals surface area contributed by atoms with Crippen LogP contribution in [-0.4, -0.2) is 18.0 Å². The Balaban J connectivity index is 2.59. The van der Waals surface area contributed by atoms with Gasteiger partial charge in [0.25, 0.3) is 0 Å². The molecule has 1 rings (SSSR count). The first-order valence-electron chi connectivity index (χ1n) is 5.93. The van der Waals surface area contributed by atoms with Crippen molar-refractivity contribution in [1.82, 2.24) is 4.90 Å². The molecule has 0 spiro atoms. The van der Waals surface area contributed by atoms with Crippen LogP contribution >= 0.6 is 11.6 Å². The normalized spacial score (nSPS) is 11.0. The molecule has 0 bridgehead atoms. The molecular formula is C13H21ClN2. The van der Waals surface area contributed by atoms with Crippen LogP contribution in [0.25, 0.3) is 0 Å². The van der Waals surface area contributed by atoms with Crippen LogP contribution in [0.5, 0.6) is 0 Å². The Hall–Kier alpha value is -0.730. The van der Waals surface area contributed by atoms with E-state index in [1.165, 1.54) is 18.4 Å². The van der Waals surface area contributed by atoms with Crippen LogP contribution in [0.3, 0.4) is 0 Å². The lowest BCUT2D eigenvalue weighted by molar-refractivity contribution is 0.275. The third-order valence-electron chi connectivity index (χ3n) is 2.75. The molecule has 0 aliphatic rings. The highest BCUT2D eigenvalue weighted by atomic mass is 35.5. The molecule has 0 saturated heterocycles. The van der Waals surface area contributed by atoms with Gasteiger partial charge in [0, 0.05) is 6.54 Å². The van der Waals surface area contributed by atoms with Crippen LogP contribution in [0, 0.1) is 0 Å². The molecule has 0 aliphatic carbocycles. The molecule has 1 aromatic rings. The molecule has 0 saturated carbocycles. The van der Waals surface area contributed by atoms with E-state index in [1.807, 2.05) is 12.1 Å². The maximum absolute atomic E-state index is 6.00. The van der Waals surface area contributed by atoms with E-state index in [9.17, 15) is 0 Å². The lowest BCUT2D eigenvalue weighted by atomic mass is 10.2. The number of nitrogens with two attached hydrogens (primary N) is 1. The number of rotatable bonds is 6. The zero-order chi connectivity index (χ0) is 12.0. The Morgan fingerprint density at radius 1 is 1.31 bits per heavy atom. The molecule has 0 radical (unpaired) electrons. The SMILES string of the molecule is CCCCN(CC)Cc1ccc(N)c(Cl)c1. The van der Waals surface area contributed by atoms with E-state index in [4.69, 9.17) is 17.3 Å². The third-order valence-corrected chi connectivity index (χ3v) is 3.07. The average Bonchev–Trinajstić information content (AvgIpc) is 2.29. The molecule has 90 valence electrons. The van der Waals surface area contributed by atoms with E-state index in [0.29, 0.717) is 10.7 Å². The van der Waals surface area contributed by atoms with Crippen LogP contribution in [0.2, 0.25) is 5.02 Å². The summed E-state index contributed by atoms with van der Waals surface area (Å²) in [6.07, 6.45) is 2.48. The van der Waals surface area contributed by atoms with Crippen molar-refractivity contribution in [2.45, 2.75) is 33.2 Å². The summed E-state index contributed by atoms with van der Waals surface area (Å²) < 4.78 is 0. The van der Waals surface area contributed by atoms with E-state index in [1.54, 1.807) is 0 Å². The second-order valence-electron chi connectivity index (χ2n) is 4.08. The fourth-order valence-corrected chi connectivity index (χ4v) is 1.86. The van der Waals surface area contributed by atoms with Crippen molar-refractivity contribution >= 4 is 17.3 Å². The van der Waals surface area contributed by atoms with Crippen molar-refractivity contribution in [2.75, 3.05) is 18.8 Å². The zero-order valence-corrected chi connectivity index (χ0v) is 10.9. The van der Waals surface area contributed by atoms with Gasteiger partial charge >= 0.3 is 0 Å². The number of nitrogens with zero attached hydrogens (tertiary/aromatic N) is 1. The Morgan fingerprint density at radius 2 is 2.06 bits per heavy atom. The highest BCUT2D eigenvalue weighted by molar-refractivity contribution is 6.33. The molecule has 0 atom stereocenters. The summed E-state index contributed by atoms with van der Waals surface area (Å²) in [5, 5.41) is 0.657. The standard InChI is InChI=1S/C13H21ClN2/c1-3-5-8-16(4-2)10-11-6-7-13(15)12(14)9-11/h6-7,9H,3-5,8,10,15H2,1-2H3. The van der Waals surface area contributed by atoms with Gasteiger partial charge in [-0.05, 0) is 37.2 Å². The minimum atomic E-state index is 0.655. The van der Waals surface area contributed by atoms with E-state index in [0.717, 1.165) is 19.6 Å². The number of nitrogen functional groups attached to an aromatic ring is 1. The minimum absolute atomic E-state index is 0.655. The lowest BCUT2D eigenvalue weighted by Crippen LogP contribution is -2.23. The Morgan fingerprint density at radius 3 is 2.62 bits per heavy atom. The summed E-state index contributed by atoms with van der Waals surface area (Å²) in [7, 11) is 0. The average molecular weight is 241 g/mol.